The standard InChI is InChI=1S/C20H38O2/c1-4-6-10-18(5-2)14-13-17(3)22-20(21)16-15-19-11-8-7-9-12-19/h17-19H,4-16H2,1-3H3/t17-,18+/m1/s1. The lowest BCUT2D eigenvalue weighted by Gasteiger charge is -2.22. The molecule has 0 aromatic heterocycles. The van der Waals surface area contributed by atoms with E-state index in [9.17, 15) is 4.79 Å². The predicted molar refractivity (Wildman–Crippen MR) is 93.9 cm³/mol. The molecule has 0 unspecified atom stereocenters. The molecule has 2 nitrogen and oxygen atoms in total. The van der Waals surface area contributed by atoms with Crippen molar-refractivity contribution in [1.82, 2.24) is 0 Å². The molecule has 0 N–H and O–H groups in total. The van der Waals surface area contributed by atoms with E-state index in [1.807, 2.05) is 0 Å². The van der Waals surface area contributed by atoms with Gasteiger partial charge < -0.3 is 4.74 Å². The van der Waals surface area contributed by atoms with Gasteiger partial charge in [0.1, 0.15) is 0 Å². The predicted octanol–water partition coefficient (Wildman–Crippen LogP) is 6.28. The summed E-state index contributed by atoms with van der Waals surface area (Å²) >= 11 is 0. The normalized spacial score (nSPS) is 18.9. The van der Waals surface area contributed by atoms with Gasteiger partial charge in [-0.05, 0) is 38.0 Å². The molecule has 0 aliphatic heterocycles. The summed E-state index contributed by atoms with van der Waals surface area (Å²) in [7, 11) is 0. The SMILES string of the molecule is CCCC[C@H](CC)CC[C@@H](C)OC(=O)CCC1CCCCC1. The molecular formula is C20H38O2. The van der Waals surface area contributed by atoms with Crippen LogP contribution in [0, 0.1) is 11.8 Å². The molecule has 0 aromatic rings. The summed E-state index contributed by atoms with van der Waals surface area (Å²) in [5.74, 6) is 1.61. The molecule has 0 bridgehead atoms. The van der Waals surface area contributed by atoms with E-state index in [1.165, 1.54) is 64.2 Å². The molecule has 0 saturated heterocycles. The average Bonchev–Trinajstić information content (AvgIpc) is 2.54. The third-order valence-electron chi connectivity index (χ3n) is 5.34. The Balaban J connectivity index is 2.11. The fourth-order valence-corrected chi connectivity index (χ4v) is 3.66. The Morgan fingerprint density at radius 1 is 1.09 bits per heavy atom. The van der Waals surface area contributed by atoms with Crippen LogP contribution < -0.4 is 0 Å². The molecular weight excluding hydrogens is 272 g/mol. The lowest BCUT2D eigenvalue weighted by Crippen LogP contribution is -2.17. The number of hydrogen-bond acceptors (Lipinski definition) is 2. The van der Waals surface area contributed by atoms with Crippen molar-refractivity contribution in [2.24, 2.45) is 11.8 Å². The zero-order valence-corrected chi connectivity index (χ0v) is 15.2. The van der Waals surface area contributed by atoms with Gasteiger partial charge in [-0.3, -0.25) is 4.79 Å². The molecule has 0 spiro atoms. The third kappa shape index (κ3) is 8.80. The van der Waals surface area contributed by atoms with Crippen LogP contribution in [0.25, 0.3) is 0 Å². The molecule has 0 heterocycles. The Labute approximate surface area is 138 Å². The van der Waals surface area contributed by atoms with Crippen molar-refractivity contribution >= 4 is 5.97 Å². The van der Waals surface area contributed by atoms with E-state index in [0.29, 0.717) is 6.42 Å². The lowest BCUT2D eigenvalue weighted by molar-refractivity contribution is -0.149. The van der Waals surface area contributed by atoms with Crippen molar-refractivity contribution in [3.63, 3.8) is 0 Å². The monoisotopic (exact) mass is 310 g/mol. The summed E-state index contributed by atoms with van der Waals surface area (Å²) in [6.45, 7) is 6.59. The van der Waals surface area contributed by atoms with Crippen LogP contribution in [0.4, 0.5) is 0 Å². The fourth-order valence-electron chi connectivity index (χ4n) is 3.66. The van der Waals surface area contributed by atoms with Crippen LogP contribution in [0.1, 0.15) is 104 Å². The Morgan fingerprint density at radius 3 is 2.45 bits per heavy atom. The second-order valence-corrected chi connectivity index (χ2v) is 7.34. The highest BCUT2D eigenvalue weighted by molar-refractivity contribution is 5.69. The van der Waals surface area contributed by atoms with Gasteiger partial charge in [-0.1, -0.05) is 71.6 Å². The molecule has 0 radical (unpaired) electrons. The van der Waals surface area contributed by atoms with Gasteiger partial charge in [0.05, 0.1) is 6.10 Å². The minimum Gasteiger partial charge on any atom is -0.463 e. The number of ether oxygens (including phenoxy) is 1. The van der Waals surface area contributed by atoms with Crippen molar-refractivity contribution in [2.45, 2.75) is 110 Å². The lowest BCUT2D eigenvalue weighted by atomic mass is 9.86. The van der Waals surface area contributed by atoms with Gasteiger partial charge in [0.2, 0.25) is 0 Å². The van der Waals surface area contributed by atoms with Crippen LogP contribution in [0.15, 0.2) is 0 Å². The molecule has 2 atom stereocenters. The van der Waals surface area contributed by atoms with Gasteiger partial charge in [-0.25, -0.2) is 0 Å². The number of esters is 1. The topological polar surface area (TPSA) is 26.3 Å². The quantitative estimate of drug-likeness (QED) is 0.420. The molecule has 2 heteroatoms. The molecule has 0 amide bonds. The number of carbonyl (C=O) groups is 1. The van der Waals surface area contributed by atoms with Gasteiger partial charge in [0.25, 0.3) is 0 Å². The molecule has 1 saturated carbocycles. The Hall–Kier alpha value is -0.530. The van der Waals surface area contributed by atoms with Crippen LogP contribution >= 0.6 is 0 Å². The van der Waals surface area contributed by atoms with Gasteiger partial charge >= 0.3 is 5.97 Å². The zero-order valence-electron chi connectivity index (χ0n) is 15.2. The largest absolute Gasteiger partial charge is 0.463 e. The second-order valence-electron chi connectivity index (χ2n) is 7.34. The molecule has 1 aliphatic rings. The Kier molecular flexibility index (Phi) is 10.6. The first-order valence-corrected chi connectivity index (χ1v) is 9.85. The Morgan fingerprint density at radius 2 is 1.82 bits per heavy atom. The molecule has 1 rings (SSSR count). The van der Waals surface area contributed by atoms with Crippen LogP contribution in [0.2, 0.25) is 0 Å². The maximum atomic E-state index is 12.0. The number of hydrogen-bond donors (Lipinski definition) is 0. The molecule has 22 heavy (non-hydrogen) atoms. The maximum Gasteiger partial charge on any atom is 0.306 e. The van der Waals surface area contributed by atoms with Crippen molar-refractivity contribution in [2.75, 3.05) is 0 Å². The summed E-state index contributed by atoms with van der Waals surface area (Å²) in [6.07, 6.45) is 15.9. The molecule has 1 aliphatic carbocycles. The van der Waals surface area contributed by atoms with E-state index in [0.717, 1.165) is 24.7 Å². The number of rotatable bonds is 11. The highest BCUT2D eigenvalue weighted by atomic mass is 16.5. The summed E-state index contributed by atoms with van der Waals surface area (Å²) in [5.41, 5.74) is 0. The van der Waals surface area contributed by atoms with E-state index in [4.69, 9.17) is 4.74 Å². The first-order valence-electron chi connectivity index (χ1n) is 9.85. The van der Waals surface area contributed by atoms with Crippen molar-refractivity contribution in [3.8, 4) is 0 Å². The maximum absolute atomic E-state index is 12.0. The Bertz CT molecular complexity index is 281. The van der Waals surface area contributed by atoms with Gasteiger partial charge in [0, 0.05) is 6.42 Å². The zero-order chi connectivity index (χ0) is 16.2. The molecule has 1 fully saturated rings. The van der Waals surface area contributed by atoms with E-state index < -0.39 is 0 Å². The minimum absolute atomic E-state index is 0.0275. The minimum atomic E-state index is 0.0275. The van der Waals surface area contributed by atoms with Crippen LogP contribution in [-0.4, -0.2) is 12.1 Å². The highest BCUT2D eigenvalue weighted by Gasteiger charge is 2.17. The smallest absolute Gasteiger partial charge is 0.306 e. The van der Waals surface area contributed by atoms with E-state index >= 15 is 0 Å². The summed E-state index contributed by atoms with van der Waals surface area (Å²) < 4.78 is 5.60. The average molecular weight is 311 g/mol. The first kappa shape index (κ1) is 19.5. The van der Waals surface area contributed by atoms with Gasteiger partial charge in [-0.2, -0.15) is 0 Å². The van der Waals surface area contributed by atoms with Gasteiger partial charge in [-0.15, -0.1) is 0 Å². The van der Waals surface area contributed by atoms with Crippen LogP contribution in [-0.2, 0) is 9.53 Å². The number of carbonyl (C=O) groups excluding carboxylic acids is 1. The number of unbranched alkanes of at least 4 members (excludes halogenated alkanes) is 1. The molecule has 130 valence electrons. The third-order valence-corrected chi connectivity index (χ3v) is 5.34. The second kappa shape index (κ2) is 12.0. The highest BCUT2D eigenvalue weighted by Crippen LogP contribution is 2.27. The summed E-state index contributed by atoms with van der Waals surface area (Å²) in [5, 5.41) is 0. The summed E-state index contributed by atoms with van der Waals surface area (Å²) in [4.78, 5) is 12.0. The van der Waals surface area contributed by atoms with Gasteiger partial charge in [0.15, 0.2) is 0 Å². The molecule has 0 aromatic carbocycles. The fraction of sp³-hybridized carbons (Fsp3) is 0.950. The van der Waals surface area contributed by atoms with Crippen LogP contribution in [0.3, 0.4) is 0 Å². The van der Waals surface area contributed by atoms with Crippen molar-refractivity contribution in [1.29, 1.82) is 0 Å². The van der Waals surface area contributed by atoms with Crippen LogP contribution in [0.5, 0.6) is 0 Å². The van der Waals surface area contributed by atoms with Crippen molar-refractivity contribution < 1.29 is 9.53 Å². The first-order chi connectivity index (χ1) is 10.7. The van der Waals surface area contributed by atoms with E-state index in [-0.39, 0.29) is 12.1 Å². The van der Waals surface area contributed by atoms with E-state index in [1.54, 1.807) is 0 Å². The van der Waals surface area contributed by atoms with Crippen molar-refractivity contribution in [3.05, 3.63) is 0 Å². The van der Waals surface area contributed by atoms with E-state index in [2.05, 4.69) is 20.8 Å². The summed E-state index contributed by atoms with van der Waals surface area (Å²) in [6, 6.07) is 0.